The second kappa shape index (κ2) is 7.03. The fourth-order valence-corrected chi connectivity index (χ4v) is 4.33. The molecule has 1 amide bonds. The summed E-state index contributed by atoms with van der Waals surface area (Å²) in [5.41, 5.74) is -0.305. The first-order valence-electron chi connectivity index (χ1n) is 9.40. The third-order valence-electron chi connectivity index (χ3n) is 4.97. The van der Waals surface area contributed by atoms with Crippen LogP contribution in [0.2, 0.25) is 0 Å². The van der Waals surface area contributed by atoms with Crippen molar-refractivity contribution >= 4 is 23.2 Å². The van der Waals surface area contributed by atoms with Gasteiger partial charge in [0.15, 0.2) is 5.01 Å². The van der Waals surface area contributed by atoms with E-state index in [1.165, 1.54) is 6.20 Å². The van der Waals surface area contributed by atoms with E-state index in [0.29, 0.717) is 36.8 Å². The van der Waals surface area contributed by atoms with Crippen molar-refractivity contribution in [3.8, 4) is 10.7 Å². The van der Waals surface area contributed by atoms with Gasteiger partial charge in [-0.2, -0.15) is 13.2 Å². The van der Waals surface area contributed by atoms with Gasteiger partial charge in [-0.3, -0.25) is 4.98 Å². The van der Waals surface area contributed by atoms with E-state index in [4.69, 9.17) is 4.74 Å². The number of nitrogens with zero attached hydrogens (tertiary/aromatic N) is 6. The van der Waals surface area contributed by atoms with Gasteiger partial charge in [0.1, 0.15) is 17.1 Å². The minimum absolute atomic E-state index is 0.0270. The van der Waals surface area contributed by atoms with Crippen LogP contribution in [0.4, 0.5) is 23.8 Å². The Hall–Kier alpha value is -2.50. The van der Waals surface area contributed by atoms with E-state index in [1.54, 1.807) is 11.1 Å². The maximum Gasteiger partial charge on any atom is 0.445 e. The summed E-state index contributed by atoms with van der Waals surface area (Å²) in [7, 11) is 0. The quantitative estimate of drug-likeness (QED) is 0.704. The molecule has 12 heteroatoms. The number of hydrogen-bond donors (Lipinski definition) is 0. The van der Waals surface area contributed by atoms with E-state index in [0.717, 1.165) is 13.0 Å². The molecule has 2 aromatic heterocycles. The van der Waals surface area contributed by atoms with Gasteiger partial charge in [0.25, 0.3) is 0 Å². The Morgan fingerprint density at radius 1 is 1.17 bits per heavy atom. The van der Waals surface area contributed by atoms with Gasteiger partial charge in [0.05, 0.1) is 12.4 Å². The van der Waals surface area contributed by atoms with E-state index < -0.39 is 16.8 Å². The lowest BCUT2D eigenvalue weighted by Gasteiger charge is -2.47. The number of carbonyl (C=O) groups is 1. The maximum atomic E-state index is 12.8. The monoisotopic (exact) mass is 442 g/mol. The number of likely N-dealkylation sites (tertiary alicyclic amines) is 1. The minimum atomic E-state index is -4.54. The summed E-state index contributed by atoms with van der Waals surface area (Å²) >= 11 is 0.441. The van der Waals surface area contributed by atoms with Crippen LogP contribution in [0.1, 0.15) is 32.2 Å². The first kappa shape index (κ1) is 20.8. The van der Waals surface area contributed by atoms with Gasteiger partial charge in [-0.25, -0.2) is 9.78 Å². The van der Waals surface area contributed by atoms with Crippen molar-refractivity contribution in [1.82, 2.24) is 25.1 Å². The molecule has 0 N–H and O–H groups in total. The largest absolute Gasteiger partial charge is 0.445 e. The number of anilines is 1. The predicted octanol–water partition coefficient (Wildman–Crippen LogP) is 3.46. The molecule has 2 aliphatic rings. The Morgan fingerprint density at radius 3 is 2.53 bits per heavy atom. The predicted molar refractivity (Wildman–Crippen MR) is 103 cm³/mol. The molecule has 0 aliphatic carbocycles. The number of halogens is 3. The zero-order valence-electron chi connectivity index (χ0n) is 16.7. The molecule has 2 fully saturated rings. The normalized spacial score (nSPS) is 18.6. The van der Waals surface area contributed by atoms with Crippen molar-refractivity contribution in [2.45, 2.75) is 39.0 Å². The van der Waals surface area contributed by atoms with Crippen LogP contribution < -0.4 is 4.90 Å². The minimum Gasteiger partial charge on any atom is -0.444 e. The SMILES string of the molecule is CC(C)(C)OC(=O)N1CC2(CCN(c3cncc(-c4nnc(C(F)(F)F)s4)n3)C2)C1. The third kappa shape index (κ3) is 4.18. The van der Waals surface area contributed by atoms with Crippen molar-refractivity contribution in [1.29, 1.82) is 0 Å². The van der Waals surface area contributed by atoms with Crippen molar-refractivity contribution in [2.24, 2.45) is 5.41 Å². The first-order valence-corrected chi connectivity index (χ1v) is 10.2. The standard InChI is InChI=1S/C18H21F3N6O2S/c1-16(2,3)29-15(28)27-9-17(10-27)4-5-26(8-17)12-7-22-6-11(23-12)13-24-25-14(30-13)18(19,20)21/h6-7H,4-5,8-10H2,1-3H3. The topological polar surface area (TPSA) is 84.3 Å². The van der Waals surface area contributed by atoms with Gasteiger partial charge in [-0.05, 0) is 27.2 Å². The van der Waals surface area contributed by atoms with Crippen molar-refractivity contribution in [2.75, 3.05) is 31.1 Å². The van der Waals surface area contributed by atoms with E-state index >= 15 is 0 Å². The molecule has 0 radical (unpaired) electrons. The molecular weight excluding hydrogens is 421 g/mol. The zero-order valence-corrected chi connectivity index (χ0v) is 17.5. The molecule has 30 heavy (non-hydrogen) atoms. The van der Waals surface area contributed by atoms with Crippen molar-refractivity contribution in [3.63, 3.8) is 0 Å². The first-order chi connectivity index (χ1) is 13.9. The molecule has 0 bridgehead atoms. The molecule has 4 heterocycles. The Balaban J connectivity index is 1.42. The average molecular weight is 442 g/mol. The molecule has 8 nitrogen and oxygen atoms in total. The number of aromatic nitrogens is 4. The highest BCUT2D eigenvalue weighted by Crippen LogP contribution is 2.41. The lowest BCUT2D eigenvalue weighted by Crippen LogP contribution is -2.60. The van der Waals surface area contributed by atoms with E-state index in [-0.39, 0.29) is 22.2 Å². The van der Waals surface area contributed by atoms with Gasteiger partial charge >= 0.3 is 12.3 Å². The number of carbonyl (C=O) groups excluding carboxylic acids is 1. The molecule has 4 rings (SSSR count). The van der Waals surface area contributed by atoms with Crippen molar-refractivity contribution < 1.29 is 22.7 Å². The van der Waals surface area contributed by atoms with Gasteiger partial charge in [0.2, 0.25) is 5.01 Å². The highest BCUT2D eigenvalue weighted by atomic mass is 32.1. The summed E-state index contributed by atoms with van der Waals surface area (Å²) in [5.74, 6) is 0.573. The average Bonchev–Trinajstić information content (AvgIpc) is 3.26. The Labute approximate surface area is 175 Å². The van der Waals surface area contributed by atoms with Gasteiger partial charge in [0, 0.05) is 31.6 Å². The number of rotatable bonds is 2. The van der Waals surface area contributed by atoms with Crippen LogP contribution in [-0.4, -0.2) is 62.9 Å². The molecular formula is C18H21F3N6O2S. The molecule has 1 spiro atoms. The smallest absolute Gasteiger partial charge is 0.444 e. The molecule has 2 aliphatic heterocycles. The Morgan fingerprint density at radius 2 is 1.90 bits per heavy atom. The van der Waals surface area contributed by atoms with E-state index in [2.05, 4.69) is 20.2 Å². The fourth-order valence-electron chi connectivity index (χ4n) is 3.66. The summed E-state index contributed by atoms with van der Waals surface area (Å²) in [6.45, 7) is 8.13. The van der Waals surface area contributed by atoms with Crippen LogP contribution in [-0.2, 0) is 10.9 Å². The number of ether oxygens (including phenoxy) is 1. The van der Waals surface area contributed by atoms with Crippen LogP contribution in [0.15, 0.2) is 12.4 Å². The Bertz CT molecular complexity index is 952. The van der Waals surface area contributed by atoms with E-state index in [1.807, 2.05) is 25.7 Å². The van der Waals surface area contributed by atoms with Crippen LogP contribution in [0, 0.1) is 5.41 Å². The van der Waals surface area contributed by atoms with Gasteiger partial charge in [-0.15, -0.1) is 10.2 Å². The van der Waals surface area contributed by atoms with Crippen LogP contribution in [0.3, 0.4) is 0 Å². The maximum absolute atomic E-state index is 12.8. The lowest BCUT2D eigenvalue weighted by atomic mass is 9.79. The second-order valence-electron chi connectivity index (χ2n) is 8.68. The summed E-state index contributed by atoms with van der Waals surface area (Å²) in [6, 6.07) is 0. The number of amides is 1. The lowest BCUT2D eigenvalue weighted by molar-refractivity contribution is -0.138. The summed E-state index contributed by atoms with van der Waals surface area (Å²) in [4.78, 5) is 24.5. The summed E-state index contributed by atoms with van der Waals surface area (Å²) in [6.07, 6.45) is -1.01. The molecule has 162 valence electrons. The van der Waals surface area contributed by atoms with Crippen LogP contribution in [0.5, 0.6) is 0 Å². The number of alkyl halides is 3. The third-order valence-corrected chi connectivity index (χ3v) is 5.97. The van der Waals surface area contributed by atoms with Crippen LogP contribution >= 0.6 is 11.3 Å². The number of hydrogen-bond acceptors (Lipinski definition) is 8. The zero-order chi connectivity index (χ0) is 21.7. The Kier molecular flexibility index (Phi) is 4.87. The van der Waals surface area contributed by atoms with Gasteiger partial charge in [-0.1, -0.05) is 11.3 Å². The fraction of sp³-hybridized carbons (Fsp3) is 0.611. The van der Waals surface area contributed by atoms with Gasteiger partial charge < -0.3 is 14.5 Å². The summed E-state index contributed by atoms with van der Waals surface area (Å²) in [5, 5.41) is 5.87. The molecule has 2 aromatic rings. The molecule has 0 saturated carbocycles. The van der Waals surface area contributed by atoms with Crippen LogP contribution in [0.25, 0.3) is 10.7 Å². The molecule has 2 saturated heterocycles. The highest BCUT2D eigenvalue weighted by Gasteiger charge is 2.50. The molecule has 0 unspecified atom stereocenters. The molecule has 0 aromatic carbocycles. The van der Waals surface area contributed by atoms with E-state index in [9.17, 15) is 18.0 Å². The highest BCUT2D eigenvalue weighted by molar-refractivity contribution is 7.14. The summed E-state index contributed by atoms with van der Waals surface area (Å²) < 4.78 is 43.7. The molecule has 0 atom stereocenters. The second-order valence-corrected chi connectivity index (χ2v) is 9.66. The van der Waals surface area contributed by atoms with Crippen molar-refractivity contribution in [3.05, 3.63) is 17.4 Å².